The zero-order chi connectivity index (χ0) is 18.4. The normalized spacial score (nSPS) is 10.5. The minimum atomic E-state index is -0.0821. The first-order chi connectivity index (χ1) is 11.9. The van der Waals surface area contributed by atoms with Crippen molar-refractivity contribution in [1.82, 2.24) is 0 Å². The number of hydrogen-bond donors (Lipinski definition) is 2. The fraction of sp³-hybridized carbons (Fsp3) is 0.316. The molecule has 0 aliphatic rings. The van der Waals surface area contributed by atoms with Gasteiger partial charge >= 0.3 is 0 Å². The zero-order valence-corrected chi connectivity index (χ0v) is 16.4. The van der Waals surface area contributed by atoms with Gasteiger partial charge in [0, 0.05) is 24.8 Å². The lowest BCUT2D eigenvalue weighted by molar-refractivity contribution is -0.114. The Bertz CT molecular complexity index is 730. The average Bonchev–Trinajstić information content (AvgIpc) is 2.55. The molecule has 6 heteroatoms. The molecule has 2 N–H and O–H groups in total. The van der Waals surface area contributed by atoms with E-state index in [4.69, 9.17) is 9.47 Å². The predicted octanol–water partition coefficient (Wildman–Crippen LogP) is 4.82. The maximum atomic E-state index is 11.0. The molecular formula is C19H23BrN2O3. The molecule has 0 aliphatic carbocycles. The molecule has 5 nitrogen and oxygen atoms in total. The van der Waals surface area contributed by atoms with Crippen LogP contribution < -0.4 is 20.1 Å². The van der Waals surface area contributed by atoms with Crippen LogP contribution in [0.3, 0.4) is 0 Å². The number of benzene rings is 2. The van der Waals surface area contributed by atoms with E-state index in [9.17, 15) is 4.79 Å². The lowest BCUT2D eigenvalue weighted by Crippen LogP contribution is -2.08. The molecule has 25 heavy (non-hydrogen) atoms. The summed E-state index contributed by atoms with van der Waals surface area (Å²) >= 11 is 3.55. The number of amides is 1. The third-order valence-corrected chi connectivity index (χ3v) is 3.93. The highest BCUT2D eigenvalue weighted by atomic mass is 79.9. The quantitative estimate of drug-likeness (QED) is 0.691. The van der Waals surface area contributed by atoms with Crippen molar-refractivity contribution >= 4 is 33.2 Å². The third kappa shape index (κ3) is 5.67. The molecule has 0 saturated carbocycles. The maximum Gasteiger partial charge on any atom is 0.221 e. The van der Waals surface area contributed by atoms with Gasteiger partial charge < -0.3 is 20.1 Å². The minimum absolute atomic E-state index is 0.0660. The largest absolute Gasteiger partial charge is 0.493 e. The van der Waals surface area contributed by atoms with Gasteiger partial charge in [-0.25, -0.2) is 0 Å². The molecule has 0 unspecified atom stereocenters. The Labute approximate surface area is 156 Å². The van der Waals surface area contributed by atoms with Gasteiger partial charge in [0.1, 0.15) is 0 Å². The number of hydrogen-bond acceptors (Lipinski definition) is 4. The van der Waals surface area contributed by atoms with Crippen molar-refractivity contribution < 1.29 is 14.3 Å². The number of carbonyl (C=O) groups excluding carboxylic acids is 1. The molecule has 0 heterocycles. The number of nitrogens with one attached hydrogen (secondary N) is 2. The van der Waals surface area contributed by atoms with Gasteiger partial charge in [0.2, 0.25) is 5.91 Å². The summed E-state index contributed by atoms with van der Waals surface area (Å²) in [7, 11) is 1.63. The molecule has 0 aliphatic heterocycles. The first-order valence-corrected chi connectivity index (χ1v) is 8.83. The van der Waals surface area contributed by atoms with Crippen molar-refractivity contribution in [2.24, 2.45) is 0 Å². The van der Waals surface area contributed by atoms with Gasteiger partial charge in [-0.05, 0) is 71.7 Å². The lowest BCUT2D eigenvalue weighted by atomic mass is 10.2. The van der Waals surface area contributed by atoms with Gasteiger partial charge in [-0.1, -0.05) is 0 Å². The van der Waals surface area contributed by atoms with E-state index in [1.807, 2.05) is 50.2 Å². The highest BCUT2D eigenvalue weighted by Crippen LogP contribution is 2.37. The van der Waals surface area contributed by atoms with Crippen LogP contribution in [0.5, 0.6) is 11.5 Å². The van der Waals surface area contributed by atoms with E-state index in [2.05, 4.69) is 26.6 Å². The SMILES string of the molecule is COc1cc(CNc2ccc(NC(C)=O)cc2)cc(Br)c1OC(C)C. The number of methoxy groups -OCH3 is 1. The molecule has 2 rings (SSSR count). The summed E-state index contributed by atoms with van der Waals surface area (Å²) in [4.78, 5) is 11.0. The highest BCUT2D eigenvalue weighted by Gasteiger charge is 2.13. The molecule has 1 amide bonds. The molecule has 2 aromatic rings. The fourth-order valence-electron chi connectivity index (χ4n) is 2.30. The standard InChI is InChI=1S/C19H23BrN2O3/c1-12(2)25-19-17(20)9-14(10-18(19)24-4)11-21-15-5-7-16(8-6-15)22-13(3)23/h5-10,12,21H,11H2,1-4H3,(H,22,23). The van der Waals surface area contributed by atoms with E-state index in [0.717, 1.165) is 21.4 Å². The van der Waals surface area contributed by atoms with Crippen molar-refractivity contribution in [2.75, 3.05) is 17.7 Å². The number of halogens is 1. The molecule has 0 fully saturated rings. The maximum absolute atomic E-state index is 11.0. The summed E-state index contributed by atoms with van der Waals surface area (Å²) in [5, 5.41) is 6.10. The number of rotatable bonds is 7. The molecule has 0 radical (unpaired) electrons. The molecule has 134 valence electrons. The van der Waals surface area contributed by atoms with Crippen LogP contribution in [0.25, 0.3) is 0 Å². The van der Waals surface area contributed by atoms with Crippen molar-refractivity contribution in [3.63, 3.8) is 0 Å². The summed E-state index contributed by atoms with van der Waals surface area (Å²) in [6.07, 6.45) is 0.0660. The Morgan fingerprint density at radius 2 is 1.80 bits per heavy atom. The monoisotopic (exact) mass is 406 g/mol. The molecular weight excluding hydrogens is 384 g/mol. The zero-order valence-electron chi connectivity index (χ0n) is 14.9. The fourth-order valence-corrected chi connectivity index (χ4v) is 2.89. The van der Waals surface area contributed by atoms with Crippen LogP contribution in [0.1, 0.15) is 26.3 Å². The van der Waals surface area contributed by atoms with Gasteiger partial charge in [0.15, 0.2) is 11.5 Å². The Kier molecular flexibility index (Phi) is 6.70. The highest BCUT2D eigenvalue weighted by molar-refractivity contribution is 9.10. The lowest BCUT2D eigenvalue weighted by Gasteiger charge is -2.17. The van der Waals surface area contributed by atoms with Crippen LogP contribution in [0.2, 0.25) is 0 Å². The molecule has 0 atom stereocenters. The predicted molar refractivity (Wildman–Crippen MR) is 105 cm³/mol. The summed E-state index contributed by atoms with van der Waals surface area (Å²) in [5.41, 5.74) is 2.80. The summed E-state index contributed by atoms with van der Waals surface area (Å²) < 4.78 is 12.1. The van der Waals surface area contributed by atoms with Gasteiger partial charge in [-0.3, -0.25) is 4.79 Å². The van der Waals surface area contributed by atoms with Gasteiger partial charge in [-0.2, -0.15) is 0 Å². The van der Waals surface area contributed by atoms with Crippen LogP contribution in [0, 0.1) is 0 Å². The summed E-state index contributed by atoms with van der Waals surface area (Å²) in [5.74, 6) is 1.32. The average molecular weight is 407 g/mol. The second kappa shape index (κ2) is 8.76. The topological polar surface area (TPSA) is 59.6 Å². The van der Waals surface area contributed by atoms with E-state index in [-0.39, 0.29) is 12.0 Å². The van der Waals surface area contributed by atoms with E-state index in [0.29, 0.717) is 18.0 Å². The molecule has 0 saturated heterocycles. The number of carbonyl (C=O) groups is 1. The first kappa shape index (κ1) is 19.1. The van der Waals surface area contributed by atoms with E-state index in [1.165, 1.54) is 6.92 Å². The molecule has 0 bridgehead atoms. The van der Waals surface area contributed by atoms with E-state index in [1.54, 1.807) is 7.11 Å². The molecule has 2 aromatic carbocycles. The van der Waals surface area contributed by atoms with Gasteiger partial charge in [-0.15, -0.1) is 0 Å². The number of anilines is 2. The summed E-state index contributed by atoms with van der Waals surface area (Å²) in [6.45, 7) is 6.08. The Hall–Kier alpha value is -2.21. The van der Waals surface area contributed by atoms with Crippen LogP contribution >= 0.6 is 15.9 Å². The minimum Gasteiger partial charge on any atom is -0.493 e. The van der Waals surface area contributed by atoms with Gasteiger partial charge in [0.25, 0.3) is 0 Å². The van der Waals surface area contributed by atoms with Gasteiger partial charge in [0.05, 0.1) is 17.7 Å². The summed E-state index contributed by atoms with van der Waals surface area (Å²) in [6, 6.07) is 11.5. The Morgan fingerprint density at radius 1 is 1.16 bits per heavy atom. The number of ether oxygens (including phenoxy) is 2. The van der Waals surface area contributed by atoms with E-state index >= 15 is 0 Å². The first-order valence-electron chi connectivity index (χ1n) is 8.03. The van der Waals surface area contributed by atoms with Crippen LogP contribution in [-0.4, -0.2) is 19.1 Å². The smallest absolute Gasteiger partial charge is 0.221 e. The second-order valence-corrected chi connectivity index (χ2v) is 6.74. The molecule has 0 spiro atoms. The van der Waals surface area contributed by atoms with E-state index < -0.39 is 0 Å². The van der Waals surface area contributed by atoms with Crippen molar-refractivity contribution in [3.05, 3.63) is 46.4 Å². The second-order valence-electron chi connectivity index (χ2n) is 5.89. The van der Waals surface area contributed by atoms with Crippen LogP contribution in [0.4, 0.5) is 11.4 Å². The molecule has 0 aromatic heterocycles. The Balaban J connectivity index is 2.07. The van der Waals surface area contributed by atoms with Crippen LogP contribution in [-0.2, 0) is 11.3 Å². The van der Waals surface area contributed by atoms with Crippen LogP contribution in [0.15, 0.2) is 40.9 Å². The third-order valence-electron chi connectivity index (χ3n) is 3.34. The van der Waals surface area contributed by atoms with Crippen molar-refractivity contribution in [1.29, 1.82) is 0 Å². The Morgan fingerprint density at radius 3 is 2.36 bits per heavy atom. The van der Waals surface area contributed by atoms with Crippen molar-refractivity contribution in [2.45, 2.75) is 33.4 Å². The van der Waals surface area contributed by atoms with Crippen molar-refractivity contribution in [3.8, 4) is 11.5 Å².